The van der Waals surface area contributed by atoms with Gasteiger partial charge in [-0.1, -0.05) is 56.9 Å². The molecule has 0 saturated heterocycles. The van der Waals surface area contributed by atoms with Crippen molar-refractivity contribution in [2.75, 3.05) is 0 Å². The minimum absolute atomic E-state index is 0.0298. The topological polar surface area (TPSA) is 98.0 Å². The Balaban J connectivity index is 2.39. The number of aliphatic carboxylic acids is 1. The maximum Gasteiger partial charge on any atom is 0.303 e. The van der Waals surface area contributed by atoms with Crippen LogP contribution in [0.15, 0.2) is 24.3 Å². The highest BCUT2D eigenvalue weighted by Crippen LogP contribution is 2.37. The van der Waals surface area contributed by atoms with E-state index in [4.69, 9.17) is 5.11 Å². The summed E-state index contributed by atoms with van der Waals surface area (Å²) in [7, 11) is 0. The van der Waals surface area contributed by atoms with Gasteiger partial charge in [-0.05, 0) is 38.0 Å². The van der Waals surface area contributed by atoms with Crippen LogP contribution in [0.2, 0.25) is 0 Å². The number of hydrogen-bond donors (Lipinski definition) is 4. The predicted molar refractivity (Wildman–Crippen MR) is 107 cm³/mol. The summed E-state index contributed by atoms with van der Waals surface area (Å²) in [6.07, 6.45) is 14.8. The molecule has 5 atom stereocenters. The van der Waals surface area contributed by atoms with Gasteiger partial charge in [0.25, 0.3) is 0 Å². The van der Waals surface area contributed by atoms with Crippen LogP contribution in [0.5, 0.6) is 0 Å². The van der Waals surface area contributed by atoms with Crippen LogP contribution in [0.1, 0.15) is 77.6 Å². The summed E-state index contributed by atoms with van der Waals surface area (Å²) in [5, 5.41) is 39.2. The lowest BCUT2D eigenvalue weighted by molar-refractivity contribution is -0.137. The van der Waals surface area contributed by atoms with Gasteiger partial charge in [-0.3, -0.25) is 4.79 Å². The van der Waals surface area contributed by atoms with Crippen molar-refractivity contribution < 1.29 is 25.2 Å². The Morgan fingerprint density at radius 1 is 1.07 bits per heavy atom. The molecule has 0 bridgehead atoms. The van der Waals surface area contributed by atoms with Crippen LogP contribution in [0.4, 0.5) is 0 Å². The number of hydrogen-bond acceptors (Lipinski definition) is 4. The molecule has 1 fully saturated rings. The standard InChI is InChI=1S/C22H38O5/c1-2-3-4-5-6-8-11-17(23)14-15-19-18(20(24)16-21(19)25)12-9-7-10-13-22(26)27/h6,8,14-15,17-21,23-25H,2-5,7,9-13,16H2,1H3,(H,26,27)/b8-6-,15-14+/t17-,18+,19-,20-,21+/m1/s1. The molecule has 1 aliphatic rings. The first-order valence-electron chi connectivity index (χ1n) is 10.5. The van der Waals surface area contributed by atoms with Gasteiger partial charge in [0.15, 0.2) is 0 Å². The summed E-state index contributed by atoms with van der Waals surface area (Å²) in [5.74, 6) is -0.957. The van der Waals surface area contributed by atoms with Crippen molar-refractivity contribution in [3.63, 3.8) is 0 Å². The third-order valence-electron chi connectivity index (χ3n) is 5.42. The van der Waals surface area contributed by atoms with E-state index in [9.17, 15) is 20.1 Å². The average molecular weight is 383 g/mol. The zero-order valence-electron chi connectivity index (χ0n) is 16.7. The lowest BCUT2D eigenvalue weighted by Gasteiger charge is -2.21. The van der Waals surface area contributed by atoms with E-state index in [1.54, 1.807) is 6.08 Å². The third kappa shape index (κ3) is 10.1. The third-order valence-corrected chi connectivity index (χ3v) is 5.42. The molecule has 0 heterocycles. The normalized spacial score (nSPS) is 27.0. The van der Waals surface area contributed by atoms with Gasteiger partial charge in [-0.2, -0.15) is 0 Å². The second-order valence-electron chi connectivity index (χ2n) is 7.76. The van der Waals surface area contributed by atoms with Crippen molar-refractivity contribution in [3.8, 4) is 0 Å². The van der Waals surface area contributed by atoms with Gasteiger partial charge >= 0.3 is 5.97 Å². The summed E-state index contributed by atoms with van der Waals surface area (Å²) in [4.78, 5) is 10.5. The summed E-state index contributed by atoms with van der Waals surface area (Å²) in [6.45, 7) is 2.18. The summed E-state index contributed by atoms with van der Waals surface area (Å²) in [5.41, 5.74) is 0. The molecule has 0 amide bonds. The number of aliphatic hydroxyl groups excluding tert-OH is 3. The van der Waals surface area contributed by atoms with Crippen molar-refractivity contribution in [3.05, 3.63) is 24.3 Å². The smallest absolute Gasteiger partial charge is 0.303 e. The number of unbranched alkanes of at least 4 members (excludes halogenated alkanes) is 5. The molecule has 5 heteroatoms. The number of aliphatic hydroxyl groups is 3. The van der Waals surface area contributed by atoms with E-state index in [0.717, 1.165) is 25.7 Å². The van der Waals surface area contributed by atoms with Gasteiger partial charge in [0.1, 0.15) is 0 Å². The van der Waals surface area contributed by atoms with E-state index in [-0.39, 0.29) is 18.3 Å². The van der Waals surface area contributed by atoms with Gasteiger partial charge < -0.3 is 20.4 Å². The Bertz CT molecular complexity index is 460. The van der Waals surface area contributed by atoms with E-state index in [2.05, 4.69) is 13.0 Å². The van der Waals surface area contributed by atoms with E-state index in [1.807, 2.05) is 12.2 Å². The molecule has 27 heavy (non-hydrogen) atoms. The lowest BCUT2D eigenvalue weighted by Crippen LogP contribution is -2.21. The van der Waals surface area contributed by atoms with Crippen LogP contribution < -0.4 is 0 Å². The van der Waals surface area contributed by atoms with Crippen molar-refractivity contribution in [2.24, 2.45) is 11.8 Å². The van der Waals surface area contributed by atoms with Crippen LogP contribution in [-0.4, -0.2) is 44.7 Å². The molecule has 0 spiro atoms. The Kier molecular flexibility index (Phi) is 12.3. The zero-order valence-corrected chi connectivity index (χ0v) is 16.7. The molecule has 0 radical (unpaired) electrons. The molecule has 5 nitrogen and oxygen atoms in total. The lowest BCUT2D eigenvalue weighted by atomic mass is 9.88. The van der Waals surface area contributed by atoms with E-state index in [0.29, 0.717) is 19.3 Å². The number of carboxylic acid groups (broad SMARTS) is 1. The summed E-state index contributed by atoms with van der Waals surface area (Å²) < 4.78 is 0. The molecule has 1 saturated carbocycles. The van der Waals surface area contributed by atoms with Gasteiger partial charge in [-0.25, -0.2) is 0 Å². The highest BCUT2D eigenvalue weighted by atomic mass is 16.4. The van der Waals surface area contributed by atoms with Crippen molar-refractivity contribution >= 4 is 5.97 Å². The van der Waals surface area contributed by atoms with Crippen molar-refractivity contribution in [2.45, 2.75) is 95.9 Å². The van der Waals surface area contributed by atoms with Crippen LogP contribution in [0.25, 0.3) is 0 Å². The van der Waals surface area contributed by atoms with Crippen LogP contribution >= 0.6 is 0 Å². The summed E-state index contributed by atoms with van der Waals surface area (Å²) in [6, 6.07) is 0. The first kappa shape index (κ1) is 23.9. The fourth-order valence-electron chi connectivity index (χ4n) is 3.81. The maximum absolute atomic E-state index is 10.5. The molecule has 0 aromatic heterocycles. The fourth-order valence-corrected chi connectivity index (χ4v) is 3.81. The van der Waals surface area contributed by atoms with Gasteiger partial charge in [0.05, 0.1) is 18.3 Å². The molecule has 1 aliphatic carbocycles. The Hall–Kier alpha value is -1.17. The quantitative estimate of drug-likeness (QED) is 0.270. The maximum atomic E-state index is 10.5. The van der Waals surface area contributed by atoms with Gasteiger partial charge in [-0.15, -0.1) is 0 Å². The number of rotatable bonds is 14. The minimum atomic E-state index is -0.777. The van der Waals surface area contributed by atoms with Crippen molar-refractivity contribution in [1.29, 1.82) is 0 Å². The Labute approximate surface area is 163 Å². The average Bonchev–Trinajstić information content (AvgIpc) is 2.88. The SMILES string of the molecule is CCCCC/C=C\C[C@@H](O)/C=C/[C@@H]1[C@H](CCCCCC(=O)O)[C@H](O)C[C@@H]1O. The van der Waals surface area contributed by atoms with Gasteiger partial charge in [0, 0.05) is 18.8 Å². The Morgan fingerprint density at radius 3 is 2.56 bits per heavy atom. The fraction of sp³-hybridized carbons (Fsp3) is 0.773. The molecule has 4 N–H and O–H groups in total. The molecule has 0 aromatic rings. The van der Waals surface area contributed by atoms with E-state index >= 15 is 0 Å². The minimum Gasteiger partial charge on any atom is -0.481 e. The number of carboxylic acids is 1. The van der Waals surface area contributed by atoms with Crippen molar-refractivity contribution in [1.82, 2.24) is 0 Å². The van der Waals surface area contributed by atoms with Crippen LogP contribution in [0, 0.1) is 11.8 Å². The van der Waals surface area contributed by atoms with E-state index in [1.165, 1.54) is 19.3 Å². The molecular weight excluding hydrogens is 344 g/mol. The first-order valence-corrected chi connectivity index (χ1v) is 10.5. The number of allylic oxidation sites excluding steroid dienone is 1. The van der Waals surface area contributed by atoms with Crippen LogP contribution in [-0.2, 0) is 4.79 Å². The molecular formula is C22H38O5. The van der Waals surface area contributed by atoms with E-state index < -0.39 is 24.3 Å². The number of carbonyl (C=O) groups is 1. The Morgan fingerprint density at radius 2 is 1.85 bits per heavy atom. The monoisotopic (exact) mass is 382 g/mol. The second kappa shape index (κ2) is 13.9. The van der Waals surface area contributed by atoms with Gasteiger partial charge in [0.2, 0.25) is 0 Å². The highest BCUT2D eigenvalue weighted by molar-refractivity contribution is 5.66. The highest BCUT2D eigenvalue weighted by Gasteiger charge is 2.39. The summed E-state index contributed by atoms with van der Waals surface area (Å²) >= 11 is 0. The molecule has 1 rings (SSSR count). The molecule has 0 aromatic carbocycles. The molecule has 0 aliphatic heterocycles. The van der Waals surface area contributed by atoms with Crippen LogP contribution in [0.3, 0.4) is 0 Å². The first-order chi connectivity index (χ1) is 13.0. The predicted octanol–water partition coefficient (Wildman–Crippen LogP) is 3.82. The second-order valence-corrected chi connectivity index (χ2v) is 7.76. The molecule has 0 unspecified atom stereocenters. The zero-order chi connectivity index (χ0) is 20.1. The molecule has 156 valence electrons. The largest absolute Gasteiger partial charge is 0.481 e.